The lowest BCUT2D eigenvalue weighted by Crippen LogP contribution is -2.42. The molecule has 0 aromatic rings. The second-order valence-corrected chi connectivity index (χ2v) is 5.36. The maximum atomic E-state index is 10.3. The van der Waals surface area contributed by atoms with Gasteiger partial charge < -0.3 is 9.84 Å². The predicted molar refractivity (Wildman–Crippen MR) is 71.2 cm³/mol. The molecular formula is C14H29NO2. The molecule has 0 aromatic carbocycles. The van der Waals surface area contributed by atoms with Crippen molar-refractivity contribution in [1.82, 2.24) is 4.90 Å². The van der Waals surface area contributed by atoms with Gasteiger partial charge in [-0.25, -0.2) is 0 Å². The molecule has 0 spiro atoms. The molecule has 1 N–H and O–H groups in total. The summed E-state index contributed by atoms with van der Waals surface area (Å²) in [7, 11) is 1.74. The molecule has 17 heavy (non-hydrogen) atoms. The van der Waals surface area contributed by atoms with Crippen molar-refractivity contribution in [3.05, 3.63) is 0 Å². The highest BCUT2D eigenvalue weighted by Gasteiger charge is 2.26. The fourth-order valence-electron chi connectivity index (χ4n) is 2.69. The standard InChI is InChI=1S/C14H29NO2/c1-4-12(2)15(9-10-17-3)11-14(16)13-7-5-6-8-13/h12-14,16H,4-11H2,1-3H3. The average molecular weight is 243 g/mol. The van der Waals surface area contributed by atoms with E-state index in [0.29, 0.717) is 12.0 Å². The summed E-state index contributed by atoms with van der Waals surface area (Å²) < 4.78 is 5.15. The maximum Gasteiger partial charge on any atom is 0.0695 e. The first-order chi connectivity index (χ1) is 8.19. The number of hydrogen-bond donors (Lipinski definition) is 1. The summed E-state index contributed by atoms with van der Waals surface area (Å²) in [4.78, 5) is 2.37. The SMILES string of the molecule is CCC(C)N(CCOC)CC(O)C1CCCC1. The second kappa shape index (κ2) is 8.06. The van der Waals surface area contributed by atoms with E-state index in [1.807, 2.05) is 0 Å². The zero-order valence-corrected chi connectivity index (χ0v) is 11.7. The molecule has 0 saturated heterocycles. The monoisotopic (exact) mass is 243 g/mol. The van der Waals surface area contributed by atoms with Crippen LogP contribution in [0.3, 0.4) is 0 Å². The highest BCUT2D eigenvalue weighted by molar-refractivity contribution is 4.79. The summed E-state index contributed by atoms with van der Waals surface area (Å²) in [6, 6.07) is 0.529. The summed E-state index contributed by atoms with van der Waals surface area (Å²) in [5.74, 6) is 0.532. The number of aliphatic hydroxyl groups is 1. The van der Waals surface area contributed by atoms with E-state index < -0.39 is 0 Å². The second-order valence-electron chi connectivity index (χ2n) is 5.36. The molecule has 1 aliphatic carbocycles. The Balaban J connectivity index is 2.39. The Kier molecular flexibility index (Phi) is 7.09. The smallest absolute Gasteiger partial charge is 0.0695 e. The molecule has 0 heterocycles. The molecule has 1 rings (SSSR count). The summed E-state index contributed by atoms with van der Waals surface area (Å²) in [5, 5.41) is 10.3. The van der Waals surface area contributed by atoms with Crippen LogP contribution in [0.2, 0.25) is 0 Å². The quantitative estimate of drug-likeness (QED) is 0.710. The van der Waals surface area contributed by atoms with Gasteiger partial charge in [0.05, 0.1) is 12.7 Å². The van der Waals surface area contributed by atoms with E-state index in [9.17, 15) is 5.11 Å². The summed E-state index contributed by atoms with van der Waals surface area (Å²) >= 11 is 0. The summed E-state index contributed by atoms with van der Waals surface area (Å²) in [5.41, 5.74) is 0. The van der Waals surface area contributed by atoms with Gasteiger partial charge in [0, 0.05) is 26.2 Å². The van der Waals surface area contributed by atoms with E-state index in [-0.39, 0.29) is 6.10 Å². The van der Waals surface area contributed by atoms with Crippen molar-refractivity contribution >= 4 is 0 Å². The number of methoxy groups -OCH3 is 1. The first-order valence-corrected chi connectivity index (χ1v) is 7.10. The van der Waals surface area contributed by atoms with E-state index in [1.165, 1.54) is 25.7 Å². The Hall–Kier alpha value is -0.120. The first-order valence-electron chi connectivity index (χ1n) is 7.10. The molecule has 102 valence electrons. The Bertz CT molecular complexity index is 193. The molecule has 2 atom stereocenters. The molecular weight excluding hydrogens is 214 g/mol. The van der Waals surface area contributed by atoms with Gasteiger partial charge in [-0.2, -0.15) is 0 Å². The van der Waals surface area contributed by atoms with E-state index in [4.69, 9.17) is 4.74 Å². The number of rotatable bonds is 8. The molecule has 2 unspecified atom stereocenters. The minimum atomic E-state index is -0.150. The highest BCUT2D eigenvalue weighted by atomic mass is 16.5. The van der Waals surface area contributed by atoms with Crippen molar-refractivity contribution in [2.45, 2.75) is 58.1 Å². The third kappa shape index (κ3) is 4.94. The van der Waals surface area contributed by atoms with E-state index >= 15 is 0 Å². The minimum Gasteiger partial charge on any atom is -0.392 e. The third-order valence-electron chi connectivity index (χ3n) is 4.16. The molecule has 1 fully saturated rings. The van der Waals surface area contributed by atoms with Gasteiger partial charge in [0.15, 0.2) is 0 Å². The van der Waals surface area contributed by atoms with E-state index in [2.05, 4.69) is 18.7 Å². The lowest BCUT2D eigenvalue weighted by atomic mass is 10.00. The van der Waals surface area contributed by atoms with Gasteiger partial charge in [-0.05, 0) is 32.1 Å². The third-order valence-corrected chi connectivity index (χ3v) is 4.16. The molecule has 1 saturated carbocycles. The first kappa shape index (κ1) is 14.9. The van der Waals surface area contributed by atoms with Crippen LogP contribution in [0.5, 0.6) is 0 Å². The summed E-state index contributed by atoms with van der Waals surface area (Å²) in [6.45, 7) is 6.92. The van der Waals surface area contributed by atoms with E-state index in [0.717, 1.165) is 26.1 Å². The number of aliphatic hydroxyl groups excluding tert-OH is 1. The van der Waals surface area contributed by atoms with Crippen molar-refractivity contribution in [2.24, 2.45) is 5.92 Å². The van der Waals surface area contributed by atoms with E-state index in [1.54, 1.807) is 7.11 Å². The van der Waals surface area contributed by atoms with Crippen LogP contribution in [-0.2, 0) is 4.74 Å². The molecule has 0 aromatic heterocycles. The van der Waals surface area contributed by atoms with Crippen LogP contribution in [0.15, 0.2) is 0 Å². The summed E-state index contributed by atoms with van der Waals surface area (Å²) in [6.07, 6.45) is 5.98. The van der Waals surface area contributed by atoms with Crippen LogP contribution in [0, 0.1) is 5.92 Å². The van der Waals surface area contributed by atoms with Gasteiger partial charge in [-0.15, -0.1) is 0 Å². The molecule has 0 aliphatic heterocycles. The molecule has 0 radical (unpaired) electrons. The van der Waals surface area contributed by atoms with Crippen LogP contribution in [0.4, 0.5) is 0 Å². The predicted octanol–water partition coefficient (Wildman–Crippen LogP) is 2.28. The van der Waals surface area contributed by atoms with Gasteiger partial charge in [0.2, 0.25) is 0 Å². The lowest BCUT2D eigenvalue weighted by Gasteiger charge is -2.32. The van der Waals surface area contributed by atoms with Crippen molar-refractivity contribution in [3.8, 4) is 0 Å². The van der Waals surface area contributed by atoms with Crippen molar-refractivity contribution in [3.63, 3.8) is 0 Å². The van der Waals surface area contributed by atoms with Crippen LogP contribution >= 0.6 is 0 Å². The molecule has 1 aliphatic rings. The number of ether oxygens (including phenoxy) is 1. The zero-order valence-electron chi connectivity index (χ0n) is 11.7. The average Bonchev–Trinajstić information content (AvgIpc) is 2.87. The van der Waals surface area contributed by atoms with Gasteiger partial charge in [0.1, 0.15) is 0 Å². The minimum absolute atomic E-state index is 0.150. The van der Waals surface area contributed by atoms with Crippen LogP contribution in [0.25, 0.3) is 0 Å². The van der Waals surface area contributed by atoms with Crippen LogP contribution in [0.1, 0.15) is 46.0 Å². The number of nitrogens with zero attached hydrogens (tertiary/aromatic N) is 1. The molecule has 0 bridgehead atoms. The fraction of sp³-hybridized carbons (Fsp3) is 1.00. The fourth-order valence-corrected chi connectivity index (χ4v) is 2.69. The Morgan fingerprint density at radius 2 is 2.00 bits per heavy atom. The Morgan fingerprint density at radius 3 is 2.53 bits per heavy atom. The van der Waals surface area contributed by atoms with Crippen LogP contribution < -0.4 is 0 Å². The van der Waals surface area contributed by atoms with Crippen molar-refractivity contribution < 1.29 is 9.84 Å². The Labute approximate surface area is 106 Å². The molecule has 3 heteroatoms. The number of hydrogen-bond acceptors (Lipinski definition) is 3. The normalized spacial score (nSPS) is 21.0. The topological polar surface area (TPSA) is 32.7 Å². The maximum absolute atomic E-state index is 10.3. The van der Waals surface area contributed by atoms with Crippen molar-refractivity contribution in [2.75, 3.05) is 26.8 Å². The lowest BCUT2D eigenvalue weighted by molar-refractivity contribution is 0.0377. The molecule has 0 amide bonds. The van der Waals surface area contributed by atoms with Crippen molar-refractivity contribution in [1.29, 1.82) is 0 Å². The zero-order chi connectivity index (χ0) is 12.7. The van der Waals surface area contributed by atoms with Gasteiger partial charge in [-0.1, -0.05) is 19.8 Å². The molecule has 3 nitrogen and oxygen atoms in total. The van der Waals surface area contributed by atoms with Crippen LogP contribution in [-0.4, -0.2) is 49.0 Å². The van der Waals surface area contributed by atoms with Gasteiger partial charge in [-0.3, -0.25) is 4.90 Å². The largest absolute Gasteiger partial charge is 0.392 e. The Morgan fingerprint density at radius 1 is 1.35 bits per heavy atom. The van der Waals surface area contributed by atoms with Gasteiger partial charge in [0.25, 0.3) is 0 Å². The van der Waals surface area contributed by atoms with Gasteiger partial charge >= 0.3 is 0 Å². The highest BCUT2D eigenvalue weighted by Crippen LogP contribution is 2.28.